The first-order chi connectivity index (χ1) is 9.31. The van der Waals surface area contributed by atoms with Crippen molar-refractivity contribution in [3.05, 3.63) is 28.8 Å². The molecule has 1 heterocycles. The zero-order valence-corrected chi connectivity index (χ0v) is 14.7. The van der Waals surface area contributed by atoms with Gasteiger partial charge in [-0.15, -0.1) is 0 Å². The van der Waals surface area contributed by atoms with Crippen molar-refractivity contribution in [1.29, 1.82) is 0 Å². The highest BCUT2D eigenvalue weighted by molar-refractivity contribution is 6.01. The summed E-state index contributed by atoms with van der Waals surface area (Å²) < 4.78 is 6.19. The van der Waals surface area contributed by atoms with E-state index in [9.17, 15) is 4.79 Å². The molecule has 116 valence electrons. The van der Waals surface area contributed by atoms with Crippen LogP contribution in [-0.4, -0.2) is 11.4 Å². The van der Waals surface area contributed by atoms with Gasteiger partial charge in [0.2, 0.25) is 0 Å². The van der Waals surface area contributed by atoms with E-state index >= 15 is 0 Å². The van der Waals surface area contributed by atoms with Crippen LogP contribution in [0.1, 0.15) is 83.3 Å². The maximum absolute atomic E-state index is 12.6. The Morgan fingerprint density at radius 2 is 1.57 bits per heavy atom. The predicted octanol–water partition coefficient (Wildman–Crippen LogP) is 5.03. The molecule has 1 aromatic carbocycles. The van der Waals surface area contributed by atoms with Crippen LogP contribution in [0.4, 0.5) is 0 Å². The minimum absolute atomic E-state index is 0.0161. The van der Waals surface area contributed by atoms with E-state index in [1.807, 2.05) is 19.9 Å². The molecule has 0 aliphatic carbocycles. The Kier molecular flexibility index (Phi) is 3.51. The number of fused-ring (bicyclic) bond motifs is 1. The van der Waals surface area contributed by atoms with Gasteiger partial charge in [-0.1, -0.05) is 47.6 Å². The summed E-state index contributed by atoms with van der Waals surface area (Å²) in [6.45, 7) is 17.0. The van der Waals surface area contributed by atoms with Gasteiger partial charge < -0.3 is 4.74 Å². The Morgan fingerprint density at radius 1 is 1.00 bits per heavy atom. The lowest BCUT2D eigenvalue weighted by Crippen LogP contribution is -2.37. The molecular formula is C19H28O2. The molecule has 0 amide bonds. The molecule has 0 spiro atoms. The van der Waals surface area contributed by atoms with E-state index in [1.54, 1.807) is 0 Å². The highest BCUT2D eigenvalue weighted by Gasteiger charge is 2.37. The summed E-state index contributed by atoms with van der Waals surface area (Å²) in [4.78, 5) is 12.6. The molecule has 1 aliphatic heterocycles. The number of hydrogen-bond donors (Lipinski definition) is 0. The van der Waals surface area contributed by atoms with E-state index in [0.717, 1.165) is 16.9 Å². The molecular weight excluding hydrogens is 260 g/mol. The third-order valence-electron chi connectivity index (χ3n) is 4.03. The van der Waals surface area contributed by atoms with Gasteiger partial charge >= 0.3 is 0 Å². The number of ether oxygens (including phenoxy) is 1. The fraction of sp³-hybridized carbons (Fsp3) is 0.632. The minimum Gasteiger partial charge on any atom is -0.486 e. The lowest BCUT2D eigenvalue weighted by Gasteiger charge is -2.37. The van der Waals surface area contributed by atoms with E-state index < -0.39 is 5.60 Å². The summed E-state index contributed by atoms with van der Waals surface area (Å²) in [5.41, 5.74) is 2.62. The van der Waals surface area contributed by atoms with Gasteiger partial charge in [-0.05, 0) is 36.3 Å². The van der Waals surface area contributed by atoms with Gasteiger partial charge in [-0.3, -0.25) is 4.79 Å². The number of carbonyl (C=O) groups excluding carboxylic acids is 1. The molecule has 0 N–H and O–H groups in total. The molecule has 0 saturated heterocycles. The van der Waals surface area contributed by atoms with E-state index in [4.69, 9.17) is 4.74 Å². The molecule has 2 heteroatoms. The lowest BCUT2D eigenvalue weighted by molar-refractivity contribution is 0.0608. The lowest BCUT2D eigenvalue weighted by atomic mass is 9.77. The van der Waals surface area contributed by atoms with Gasteiger partial charge in [-0.2, -0.15) is 0 Å². The van der Waals surface area contributed by atoms with Crippen LogP contribution in [0.25, 0.3) is 0 Å². The van der Waals surface area contributed by atoms with Crippen LogP contribution >= 0.6 is 0 Å². The third kappa shape index (κ3) is 3.14. The quantitative estimate of drug-likeness (QED) is 0.669. The van der Waals surface area contributed by atoms with Crippen LogP contribution in [0, 0.1) is 0 Å². The number of Topliss-reactive ketones (excluding diaryl/α,β-unsaturated/α-hetero) is 1. The summed E-state index contributed by atoms with van der Waals surface area (Å²) >= 11 is 0. The van der Waals surface area contributed by atoms with Crippen molar-refractivity contribution < 1.29 is 9.53 Å². The van der Waals surface area contributed by atoms with Crippen LogP contribution in [0.2, 0.25) is 0 Å². The van der Waals surface area contributed by atoms with Crippen molar-refractivity contribution in [2.75, 3.05) is 0 Å². The molecule has 21 heavy (non-hydrogen) atoms. The molecule has 0 atom stereocenters. The van der Waals surface area contributed by atoms with Crippen molar-refractivity contribution >= 4 is 5.78 Å². The number of ketones is 1. The summed E-state index contributed by atoms with van der Waals surface area (Å²) in [6, 6.07) is 4.25. The predicted molar refractivity (Wildman–Crippen MR) is 87.5 cm³/mol. The zero-order valence-electron chi connectivity index (χ0n) is 14.7. The van der Waals surface area contributed by atoms with Gasteiger partial charge in [0.25, 0.3) is 0 Å². The topological polar surface area (TPSA) is 26.3 Å². The van der Waals surface area contributed by atoms with Crippen LogP contribution in [0.15, 0.2) is 12.1 Å². The van der Waals surface area contributed by atoms with E-state index in [-0.39, 0.29) is 16.6 Å². The van der Waals surface area contributed by atoms with Crippen LogP contribution in [0.5, 0.6) is 5.75 Å². The Labute approximate surface area is 128 Å². The maximum Gasteiger partial charge on any atom is 0.170 e. The number of carbonyl (C=O) groups is 1. The monoisotopic (exact) mass is 288 g/mol. The zero-order chi connectivity index (χ0) is 16.2. The number of benzene rings is 1. The van der Waals surface area contributed by atoms with E-state index in [1.165, 1.54) is 5.56 Å². The normalized spacial score (nSPS) is 18.2. The SMILES string of the molecule is CC1(C)CC(=O)c2cc(C(C)(C)C)cc(C(C)(C)C)c2O1. The molecule has 2 nitrogen and oxygen atoms in total. The second-order valence-corrected chi connectivity index (χ2v) is 8.86. The number of rotatable bonds is 0. The molecule has 2 rings (SSSR count). The molecule has 0 aromatic heterocycles. The largest absolute Gasteiger partial charge is 0.486 e. The maximum atomic E-state index is 12.6. The first kappa shape index (κ1) is 16.1. The second-order valence-electron chi connectivity index (χ2n) is 8.86. The third-order valence-corrected chi connectivity index (χ3v) is 4.03. The van der Waals surface area contributed by atoms with Gasteiger partial charge in [0.05, 0.1) is 12.0 Å². The van der Waals surface area contributed by atoms with Crippen LogP contribution in [-0.2, 0) is 10.8 Å². The first-order valence-electron chi connectivity index (χ1n) is 7.72. The molecule has 0 unspecified atom stereocenters. The second kappa shape index (κ2) is 4.59. The molecule has 1 aliphatic rings. The average Bonchev–Trinajstić information content (AvgIpc) is 2.23. The number of hydrogen-bond acceptors (Lipinski definition) is 2. The Balaban J connectivity index is 2.75. The molecule has 0 saturated carbocycles. The van der Waals surface area contributed by atoms with Gasteiger partial charge in [0.15, 0.2) is 5.78 Å². The standard InChI is InChI=1S/C19H28O2/c1-17(2,3)12-9-13-15(20)11-19(7,8)21-16(13)14(10-12)18(4,5)6/h9-10H,11H2,1-8H3. The van der Waals surface area contributed by atoms with E-state index in [0.29, 0.717) is 6.42 Å². The fourth-order valence-electron chi connectivity index (χ4n) is 2.73. The summed E-state index contributed by atoms with van der Waals surface area (Å²) in [5.74, 6) is 0.981. The first-order valence-corrected chi connectivity index (χ1v) is 7.72. The summed E-state index contributed by atoms with van der Waals surface area (Å²) in [5, 5.41) is 0. The molecule has 0 fully saturated rings. The Morgan fingerprint density at radius 3 is 2.05 bits per heavy atom. The van der Waals surface area contributed by atoms with Crippen LogP contribution < -0.4 is 4.74 Å². The van der Waals surface area contributed by atoms with Gasteiger partial charge in [0, 0.05) is 5.56 Å². The summed E-state index contributed by atoms with van der Waals surface area (Å²) in [6.07, 6.45) is 0.442. The highest BCUT2D eigenvalue weighted by atomic mass is 16.5. The molecule has 0 bridgehead atoms. The highest BCUT2D eigenvalue weighted by Crippen LogP contribution is 2.43. The van der Waals surface area contributed by atoms with E-state index in [2.05, 4.69) is 47.6 Å². The smallest absolute Gasteiger partial charge is 0.170 e. The Bertz CT molecular complexity index is 581. The van der Waals surface area contributed by atoms with Crippen molar-refractivity contribution in [1.82, 2.24) is 0 Å². The van der Waals surface area contributed by atoms with Gasteiger partial charge in [0.1, 0.15) is 11.4 Å². The van der Waals surface area contributed by atoms with Crippen molar-refractivity contribution in [3.63, 3.8) is 0 Å². The molecule has 0 radical (unpaired) electrons. The molecule has 1 aromatic rings. The van der Waals surface area contributed by atoms with Crippen molar-refractivity contribution in [3.8, 4) is 5.75 Å². The van der Waals surface area contributed by atoms with Crippen molar-refractivity contribution in [2.45, 2.75) is 78.2 Å². The Hall–Kier alpha value is -1.31. The summed E-state index contributed by atoms with van der Waals surface area (Å²) in [7, 11) is 0. The average molecular weight is 288 g/mol. The minimum atomic E-state index is -0.423. The fourth-order valence-corrected chi connectivity index (χ4v) is 2.73. The van der Waals surface area contributed by atoms with Crippen molar-refractivity contribution in [2.24, 2.45) is 0 Å². The van der Waals surface area contributed by atoms with Crippen LogP contribution in [0.3, 0.4) is 0 Å². The van der Waals surface area contributed by atoms with Gasteiger partial charge in [-0.25, -0.2) is 0 Å².